The Labute approximate surface area is 128 Å². The molecule has 2 aromatic heterocycles. The first-order chi connectivity index (χ1) is 10.6. The van der Waals surface area contributed by atoms with E-state index < -0.39 is 11.9 Å². The predicted octanol–water partition coefficient (Wildman–Crippen LogP) is 1.99. The van der Waals surface area contributed by atoms with Crippen molar-refractivity contribution >= 4 is 5.97 Å². The van der Waals surface area contributed by atoms with Gasteiger partial charge in [0.2, 0.25) is 0 Å². The molecule has 0 aliphatic carbocycles. The maximum atomic E-state index is 11.6. The van der Waals surface area contributed by atoms with Crippen molar-refractivity contribution in [1.82, 2.24) is 15.0 Å². The molecule has 116 valence electrons. The third-order valence-electron chi connectivity index (χ3n) is 4.34. The van der Waals surface area contributed by atoms with Gasteiger partial charge in [-0.1, -0.05) is 11.2 Å². The molecule has 3 heterocycles. The highest BCUT2D eigenvalue weighted by molar-refractivity contribution is 5.72. The van der Waals surface area contributed by atoms with E-state index >= 15 is 0 Å². The topological polar surface area (TPSA) is 79.5 Å². The molecule has 2 atom stereocenters. The number of aliphatic carboxylic acids is 1. The summed E-state index contributed by atoms with van der Waals surface area (Å²) in [4.78, 5) is 18.1. The molecular formula is C16H19N3O3. The van der Waals surface area contributed by atoms with E-state index in [2.05, 4.69) is 15.0 Å². The molecule has 2 unspecified atom stereocenters. The summed E-state index contributed by atoms with van der Waals surface area (Å²) in [5.74, 6) is -0.489. The van der Waals surface area contributed by atoms with Crippen LogP contribution in [0.3, 0.4) is 0 Å². The lowest BCUT2D eigenvalue weighted by atomic mass is 9.93. The predicted molar refractivity (Wildman–Crippen MR) is 79.4 cm³/mol. The van der Waals surface area contributed by atoms with E-state index in [0.29, 0.717) is 19.6 Å². The van der Waals surface area contributed by atoms with Gasteiger partial charge in [-0.05, 0) is 26.0 Å². The normalized spacial score (nSPS) is 22.1. The highest BCUT2D eigenvalue weighted by atomic mass is 16.5. The van der Waals surface area contributed by atoms with E-state index in [4.69, 9.17) is 4.52 Å². The molecule has 22 heavy (non-hydrogen) atoms. The van der Waals surface area contributed by atoms with E-state index in [-0.39, 0.29) is 5.92 Å². The molecule has 1 N–H and O–H groups in total. The van der Waals surface area contributed by atoms with Gasteiger partial charge in [0.15, 0.2) is 0 Å². The molecule has 1 fully saturated rings. The molecule has 0 bridgehead atoms. The second kappa shape index (κ2) is 5.88. The minimum atomic E-state index is -0.767. The van der Waals surface area contributed by atoms with Gasteiger partial charge in [0.05, 0.1) is 11.6 Å². The lowest BCUT2D eigenvalue weighted by Crippen LogP contribution is -2.23. The Kier molecular flexibility index (Phi) is 3.94. The van der Waals surface area contributed by atoms with Gasteiger partial charge in [-0.25, -0.2) is 0 Å². The molecule has 3 rings (SSSR count). The average Bonchev–Trinajstić information content (AvgIpc) is 3.07. The fraction of sp³-hybridized carbons (Fsp3) is 0.438. The number of aromatic nitrogens is 2. The molecule has 0 radical (unpaired) electrons. The monoisotopic (exact) mass is 301 g/mol. The van der Waals surface area contributed by atoms with Crippen molar-refractivity contribution in [3.63, 3.8) is 0 Å². The van der Waals surface area contributed by atoms with Crippen molar-refractivity contribution in [1.29, 1.82) is 0 Å². The smallest absolute Gasteiger partial charge is 0.308 e. The highest BCUT2D eigenvalue weighted by Crippen LogP contribution is 2.33. The highest BCUT2D eigenvalue weighted by Gasteiger charge is 2.39. The zero-order valence-electron chi connectivity index (χ0n) is 12.7. The number of nitrogens with zero attached hydrogens (tertiary/aromatic N) is 3. The van der Waals surface area contributed by atoms with Gasteiger partial charge in [0.1, 0.15) is 5.76 Å². The van der Waals surface area contributed by atoms with Crippen LogP contribution in [0.1, 0.15) is 28.6 Å². The first kappa shape index (κ1) is 14.7. The summed E-state index contributed by atoms with van der Waals surface area (Å²) in [6.45, 7) is 5.65. The molecule has 0 spiro atoms. The second-order valence-electron chi connectivity index (χ2n) is 5.80. The quantitative estimate of drug-likeness (QED) is 0.930. The Bertz CT molecular complexity index is 649. The van der Waals surface area contributed by atoms with Crippen molar-refractivity contribution in [3.8, 4) is 0 Å². The summed E-state index contributed by atoms with van der Waals surface area (Å²) in [6.07, 6.45) is 1.71. The van der Waals surface area contributed by atoms with Gasteiger partial charge in [-0.15, -0.1) is 0 Å². The molecule has 6 nitrogen and oxygen atoms in total. The largest absolute Gasteiger partial charge is 0.481 e. The summed E-state index contributed by atoms with van der Waals surface area (Å²) < 4.78 is 5.19. The number of carboxylic acids is 1. The minimum Gasteiger partial charge on any atom is -0.481 e. The molecule has 0 aromatic carbocycles. The van der Waals surface area contributed by atoms with Crippen molar-refractivity contribution in [2.24, 2.45) is 5.92 Å². The number of carbonyl (C=O) groups is 1. The average molecular weight is 301 g/mol. The van der Waals surface area contributed by atoms with Crippen LogP contribution < -0.4 is 0 Å². The summed E-state index contributed by atoms with van der Waals surface area (Å²) >= 11 is 0. The molecule has 0 saturated carbocycles. The molecule has 1 aliphatic heterocycles. The molecule has 1 aliphatic rings. The lowest BCUT2D eigenvalue weighted by molar-refractivity contribution is -0.141. The van der Waals surface area contributed by atoms with Gasteiger partial charge in [0, 0.05) is 43.0 Å². The molecule has 0 amide bonds. The third-order valence-corrected chi connectivity index (χ3v) is 4.34. The van der Waals surface area contributed by atoms with E-state index in [0.717, 1.165) is 22.7 Å². The number of carboxylic acid groups (broad SMARTS) is 1. The van der Waals surface area contributed by atoms with E-state index in [1.54, 1.807) is 6.20 Å². The zero-order chi connectivity index (χ0) is 15.7. The lowest BCUT2D eigenvalue weighted by Gasteiger charge is -2.15. The van der Waals surface area contributed by atoms with Crippen LogP contribution in [0.5, 0.6) is 0 Å². The molecular weight excluding hydrogens is 282 g/mol. The fourth-order valence-corrected chi connectivity index (χ4v) is 3.11. The first-order valence-corrected chi connectivity index (χ1v) is 7.34. The maximum Gasteiger partial charge on any atom is 0.308 e. The molecule has 1 saturated heterocycles. The Balaban J connectivity index is 1.80. The Morgan fingerprint density at radius 2 is 2.23 bits per heavy atom. The number of rotatable bonds is 4. The van der Waals surface area contributed by atoms with Gasteiger partial charge in [0.25, 0.3) is 0 Å². The van der Waals surface area contributed by atoms with Crippen LogP contribution in [0, 0.1) is 19.8 Å². The van der Waals surface area contributed by atoms with E-state index in [1.165, 1.54) is 0 Å². The Morgan fingerprint density at radius 3 is 2.82 bits per heavy atom. The van der Waals surface area contributed by atoms with Crippen molar-refractivity contribution in [3.05, 3.63) is 47.1 Å². The van der Waals surface area contributed by atoms with Crippen LogP contribution in [0.4, 0.5) is 0 Å². The number of likely N-dealkylation sites (tertiary alicyclic amines) is 1. The Morgan fingerprint density at radius 1 is 1.41 bits per heavy atom. The zero-order valence-corrected chi connectivity index (χ0v) is 12.7. The summed E-state index contributed by atoms with van der Waals surface area (Å²) in [7, 11) is 0. The van der Waals surface area contributed by atoms with Gasteiger partial charge in [-0.3, -0.25) is 14.7 Å². The van der Waals surface area contributed by atoms with Crippen LogP contribution in [0.15, 0.2) is 28.9 Å². The number of aryl methyl sites for hydroxylation is 2. The maximum absolute atomic E-state index is 11.6. The van der Waals surface area contributed by atoms with E-state index in [1.807, 2.05) is 32.0 Å². The summed E-state index contributed by atoms with van der Waals surface area (Å²) in [5, 5.41) is 13.5. The molecule has 6 heteroatoms. The van der Waals surface area contributed by atoms with Gasteiger partial charge >= 0.3 is 5.97 Å². The summed E-state index contributed by atoms with van der Waals surface area (Å²) in [5.41, 5.74) is 2.76. The van der Waals surface area contributed by atoms with Crippen LogP contribution in [-0.4, -0.2) is 39.2 Å². The van der Waals surface area contributed by atoms with Crippen LogP contribution in [-0.2, 0) is 11.3 Å². The van der Waals surface area contributed by atoms with Crippen LogP contribution in [0.2, 0.25) is 0 Å². The van der Waals surface area contributed by atoms with Gasteiger partial charge in [-0.2, -0.15) is 0 Å². The fourth-order valence-electron chi connectivity index (χ4n) is 3.11. The van der Waals surface area contributed by atoms with E-state index in [9.17, 15) is 9.90 Å². The number of hydrogen-bond acceptors (Lipinski definition) is 5. The van der Waals surface area contributed by atoms with Crippen LogP contribution >= 0.6 is 0 Å². The van der Waals surface area contributed by atoms with Gasteiger partial charge < -0.3 is 9.63 Å². The summed E-state index contributed by atoms with van der Waals surface area (Å²) in [6, 6.07) is 5.65. The second-order valence-corrected chi connectivity index (χ2v) is 5.80. The molecule has 2 aromatic rings. The van der Waals surface area contributed by atoms with Crippen molar-refractivity contribution < 1.29 is 14.4 Å². The van der Waals surface area contributed by atoms with Crippen molar-refractivity contribution in [2.75, 3.05) is 13.1 Å². The number of hydrogen-bond donors (Lipinski definition) is 1. The standard InChI is InChI=1S/C16H19N3O3/c1-10-12(11(2)22-18-10)7-19-8-13(14(9-19)16(20)21)15-5-3-4-6-17-15/h3-6,13-14H,7-9H2,1-2H3,(H,20,21). The van der Waals surface area contributed by atoms with Crippen molar-refractivity contribution in [2.45, 2.75) is 26.3 Å². The SMILES string of the molecule is Cc1noc(C)c1CN1CC(C(=O)O)C(c2ccccn2)C1. The minimum absolute atomic E-state index is 0.0841. The van der Waals surface area contributed by atoms with Crippen LogP contribution in [0.25, 0.3) is 0 Å². The number of pyridine rings is 1. The Hall–Kier alpha value is -2.21. The first-order valence-electron chi connectivity index (χ1n) is 7.34. The third kappa shape index (κ3) is 2.74.